The zero-order valence-electron chi connectivity index (χ0n) is 11.9. The number of hydrogen-bond donors (Lipinski definition) is 1. The fourth-order valence-corrected chi connectivity index (χ4v) is 1.80. The van der Waals surface area contributed by atoms with Crippen LogP contribution >= 0.6 is 0 Å². The molecule has 2 aromatic heterocycles. The highest BCUT2D eigenvalue weighted by molar-refractivity contribution is 5.96. The van der Waals surface area contributed by atoms with Crippen molar-refractivity contribution in [2.24, 2.45) is 0 Å². The summed E-state index contributed by atoms with van der Waals surface area (Å²) in [6, 6.07) is 5.43. The molecule has 2 heterocycles. The highest BCUT2D eigenvalue weighted by Crippen LogP contribution is 2.11. The molecule has 2 rings (SSSR count). The number of ether oxygens (including phenoxy) is 1. The van der Waals surface area contributed by atoms with E-state index >= 15 is 0 Å². The lowest BCUT2D eigenvalue weighted by Gasteiger charge is -2.05. The van der Waals surface area contributed by atoms with Gasteiger partial charge in [-0.2, -0.15) is 5.10 Å². The summed E-state index contributed by atoms with van der Waals surface area (Å²) in [5.41, 5.74) is 1.04. The number of rotatable bonds is 5. The lowest BCUT2D eigenvalue weighted by molar-refractivity contribution is -0.141. The van der Waals surface area contributed by atoms with Gasteiger partial charge in [0, 0.05) is 6.20 Å². The predicted molar refractivity (Wildman–Crippen MR) is 75.1 cm³/mol. The van der Waals surface area contributed by atoms with Gasteiger partial charge in [0.15, 0.2) is 5.82 Å². The Morgan fingerprint density at radius 3 is 2.86 bits per heavy atom. The molecule has 1 amide bonds. The molecule has 110 valence electrons. The largest absolute Gasteiger partial charge is 0.465 e. The Balaban J connectivity index is 2.10. The Bertz CT molecular complexity index is 637. The molecule has 2 aromatic rings. The van der Waals surface area contributed by atoms with Gasteiger partial charge in [-0.25, -0.2) is 9.67 Å². The monoisotopic (exact) mass is 288 g/mol. The quantitative estimate of drug-likeness (QED) is 0.825. The highest BCUT2D eigenvalue weighted by atomic mass is 16.5. The molecule has 0 atom stereocenters. The zero-order valence-corrected chi connectivity index (χ0v) is 11.9. The van der Waals surface area contributed by atoms with E-state index in [0.717, 1.165) is 0 Å². The second kappa shape index (κ2) is 6.65. The molecule has 0 aliphatic heterocycles. The smallest absolute Gasteiger partial charge is 0.325 e. The van der Waals surface area contributed by atoms with Crippen molar-refractivity contribution in [1.29, 1.82) is 0 Å². The van der Waals surface area contributed by atoms with Gasteiger partial charge in [-0.3, -0.25) is 9.59 Å². The van der Waals surface area contributed by atoms with Crippen LogP contribution in [0.3, 0.4) is 0 Å². The van der Waals surface area contributed by atoms with Crippen molar-refractivity contribution < 1.29 is 14.3 Å². The third-order valence-electron chi connectivity index (χ3n) is 2.82. The summed E-state index contributed by atoms with van der Waals surface area (Å²) < 4.78 is 6.32. The molecule has 0 aliphatic carbocycles. The first-order chi connectivity index (χ1) is 10.1. The molecule has 0 fully saturated rings. The van der Waals surface area contributed by atoms with Gasteiger partial charge in [0.2, 0.25) is 0 Å². The van der Waals surface area contributed by atoms with Crippen LogP contribution in [0.15, 0.2) is 30.6 Å². The molecule has 0 saturated carbocycles. The summed E-state index contributed by atoms with van der Waals surface area (Å²) in [6.07, 6.45) is 3.10. The minimum Gasteiger partial charge on any atom is -0.465 e. The maximum absolute atomic E-state index is 12.0. The summed E-state index contributed by atoms with van der Waals surface area (Å²) in [5.74, 6) is -0.220. The lowest BCUT2D eigenvalue weighted by atomic mass is 10.2. The Hall–Kier alpha value is -2.70. The summed E-state index contributed by atoms with van der Waals surface area (Å²) >= 11 is 0. The molecule has 0 spiro atoms. The van der Waals surface area contributed by atoms with E-state index in [4.69, 9.17) is 4.74 Å². The Morgan fingerprint density at radius 1 is 1.38 bits per heavy atom. The van der Waals surface area contributed by atoms with E-state index in [9.17, 15) is 9.59 Å². The average molecular weight is 288 g/mol. The molecule has 0 radical (unpaired) electrons. The van der Waals surface area contributed by atoms with Crippen molar-refractivity contribution in [3.8, 4) is 5.82 Å². The molecule has 21 heavy (non-hydrogen) atoms. The number of nitrogens with one attached hydrogen (secondary N) is 1. The molecule has 0 unspecified atom stereocenters. The second-order valence-electron chi connectivity index (χ2n) is 4.23. The normalized spacial score (nSPS) is 10.2. The van der Waals surface area contributed by atoms with Gasteiger partial charge in [-0.05, 0) is 26.0 Å². The van der Waals surface area contributed by atoms with Crippen molar-refractivity contribution >= 4 is 11.9 Å². The van der Waals surface area contributed by atoms with E-state index in [1.165, 1.54) is 6.20 Å². The zero-order chi connectivity index (χ0) is 15.2. The SMILES string of the molecule is CCOC(=O)CNC(=O)c1cnn(-c2ccccn2)c1C. The minimum atomic E-state index is -0.472. The van der Waals surface area contributed by atoms with Crippen LogP contribution in [0.1, 0.15) is 23.0 Å². The topological polar surface area (TPSA) is 86.1 Å². The average Bonchev–Trinajstić information content (AvgIpc) is 2.88. The number of esters is 1. The molecule has 7 heteroatoms. The van der Waals surface area contributed by atoms with E-state index in [2.05, 4.69) is 15.4 Å². The molecule has 0 bridgehead atoms. The Labute approximate surface area is 121 Å². The van der Waals surface area contributed by atoms with Crippen molar-refractivity contribution in [3.05, 3.63) is 41.9 Å². The number of aromatic nitrogens is 3. The van der Waals surface area contributed by atoms with Crippen LogP contribution in [0, 0.1) is 6.92 Å². The number of pyridine rings is 1. The molecule has 0 aromatic carbocycles. The standard InChI is InChI=1S/C14H16N4O3/c1-3-21-13(19)9-16-14(20)11-8-17-18(10(11)2)12-6-4-5-7-15-12/h4-8H,3,9H2,1-2H3,(H,16,20). The van der Waals surface area contributed by atoms with Gasteiger partial charge in [-0.15, -0.1) is 0 Å². The lowest BCUT2D eigenvalue weighted by Crippen LogP contribution is -2.30. The van der Waals surface area contributed by atoms with Crippen molar-refractivity contribution in [1.82, 2.24) is 20.1 Å². The van der Waals surface area contributed by atoms with E-state index in [1.807, 2.05) is 6.07 Å². The predicted octanol–water partition coefficient (Wildman–Crippen LogP) is 0.869. The highest BCUT2D eigenvalue weighted by Gasteiger charge is 2.16. The van der Waals surface area contributed by atoms with Crippen LogP contribution in [0.5, 0.6) is 0 Å². The summed E-state index contributed by atoms with van der Waals surface area (Å²) in [4.78, 5) is 27.4. The maximum Gasteiger partial charge on any atom is 0.325 e. The molecule has 0 aliphatic rings. The van der Waals surface area contributed by atoms with Gasteiger partial charge < -0.3 is 10.1 Å². The van der Waals surface area contributed by atoms with Crippen LogP contribution in [0.4, 0.5) is 0 Å². The van der Waals surface area contributed by atoms with E-state index in [-0.39, 0.29) is 19.1 Å². The van der Waals surface area contributed by atoms with Gasteiger partial charge in [0.05, 0.1) is 24.1 Å². The van der Waals surface area contributed by atoms with Gasteiger partial charge in [0.1, 0.15) is 6.54 Å². The summed E-state index contributed by atoms with van der Waals surface area (Å²) in [6.45, 7) is 3.59. The second-order valence-corrected chi connectivity index (χ2v) is 4.23. The molecule has 7 nitrogen and oxygen atoms in total. The van der Waals surface area contributed by atoms with Crippen LogP contribution < -0.4 is 5.32 Å². The number of carbonyl (C=O) groups is 2. The number of hydrogen-bond acceptors (Lipinski definition) is 5. The summed E-state index contributed by atoms with van der Waals surface area (Å²) in [5, 5.41) is 6.65. The molecule has 1 N–H and O–H groups in total. The van der Waals surface area contributed by atoms with Gasteiger partial charge >= 0.3 is 5.97 Å². The first-order valence-electron chi connectivity index (χ1n) is 6.53. The van der Waals surface area contributed by atoms with Crippen LogP contribution in [0.25, 0.3) is 5.82 Å². The summed E-state index contributed by atoms with van der Waals surface area (Å²) in [7, 11) is 0. The molecule has 0 saturated heterocycles. The third kappa shape index (κ3) is 3.44. The third-order valence-corrected chi connectivity index (χ3v) is 2.82. The first kappa shape index (κ1) is 14.7. The molecular formula is C14H16N4O3. The number of nitrogens with zero attached hydrogens (tertiary/aromatic N) is 3. The van der Waals surface area contributed by atoms with Crippen molar-refractivity contribution in [3.63, 3.8) is 0 Å². The van der Waals surface area contributed by atoms with E-state index in [0.29, 0.717) is 17.1 Å². The van der Waals surface area contributed by atoms with E-state index < -0.39 is 5.97 Å². The van der Waals surface area contributed by atoms with Crippen molar-refractivity contribution in [2.45, 2.75) is 13.8 Å². The molecular weight excluding hydrogens is 272 g/mol. The number of amides is 1. The van der Waals surface area contributed by atoms with Crippen molar-refractivity contribution in [2.75, 3.05) is 13.2 Å². The van der Waals surface area contributed by atoms with Gasteiger partial charge in [0.25, 0.3) is 5.91 Å². The van der Waals surface area contributed by atoms with Crippen LogP contribution in [-0.4, -0.2) is 39.8 Å². The Morgan fingerprint density at radius 2 is 2.19 bits per heavy atom. The van der Waals surface area contributed by atoms with Crippen LogP contribution in [0.2, 0.25) is 0 Å². The fourth-order valence-electron chi connectivity index (χ4n) is 1.80. The minimum absolute atomic E-state index is 0.166. The van der Waals surface area contributed by atoms with Gasteiger partial charge in [-0.1, -0.05) is 6.07 Å². The fraction of sp³-hybridized carbons (Fsp3) is 0.286. The first-order valence-corrected chi connectivity index (χ1v) is 6.53. The number of carbonyl (C=O) groups excluding carboxylic acids is 2. The van der Waals surface area contributed by atoms with E-state index in [1.54, 1.807) is 36.9 Å². The maximum atomic E-state index is 12.0. The Kier molecular flexibility index (Phi) is 4.65. The van der Waals surface area contributed by atoms with Crippen LogP contribution in [-0.2, 0) is 9.53 Å².